The molecular formula is C53H78. The number of fused-ring (bicyclic) bond motifs is 3. The minimum Gasteiger partial charge on any atom is -0.0616 e. The average molecular weight is 715 g/mol. The molecule has 0 aromatic heterocycles. The molecule has 4 aromatic carbocycles. The molecule has 4 aromatic rings. The van der Waals surface area contributed by atoms with Gasteiger partial charge in [0.1, 0.15) is 0 Å². The second kappa shape index (κ2) is 15.3. The molecule has 0 atom stereocenters. The summed E-state index contributed by atoms with van der Waals surface area (Å²) in [4.78, 5) is 0. The molecular weight excluding hydrogens is 637 g/mol. The highest BCUT2D eigenvalue weighted by atomic mass is 14.3. The van der Waals surface area contributed by atoms with E-state index < -0.39 is 0 Å². The van der Waals surface area contributed by atoms with E-state index in [0.29, 0.717) is 0 Å². The van der Waals surface area contributed by atoms with E-state index in [-0.39, 0.29) is 32.5 Å². The first kappa shape index (κ1) is 42.9. The van der Waals surface area contributed by atoms with Gasteiger partial charge in [-0.2, -0.15) is 0 Å². The minimum atomic E-state index is 0.190. The minimum absolute atomic E-state index is 0.190. The van der Waals surface area contributed by atoms with E-state index >= 15 is 0 Å². The van der Waals surface area contributed by atoms with E-state index in [2.05, 4.69) is 185 Å². The molecule has 2 aliphatic carbocycles. The van der Waals surface area contributed by atoms with Gasteiger partial charge in [-0.1, -0.05) is 185 Å². The van der Waals surface area contributed by atoms with Gasteiger partial charge in [0.15, 0.2) is 0 Å². The molecule has 0 bridgehead atoms. The Morgan fingerprint density at radius 2 is 0.472 bits per heavy atom. The molecule has 0 aliphatic heterocycles. The first-order chi connectivity index (χ1) is 24.1. The van der Waals surface area contributed by atoms with Gasteiger partial charge in [0.25, 0.3) is 0 Å². The largest absolute Gasteiger partial charge is 0.0616 e. The van der Waals surface area contributed by atoms with Crippen LogP contribution in [-0.2, 0) is 58.2 Å². The molecule has 0 fully saturated rings. The summed E-state index contributed by atoms with van der Waals surface area (Å²) < 4.78 is 0. The molecule has 6 rings (SSSR count). The van der Waals surface area contributed by atoms with Crippen LogP contribution in [0.2, 0.25) is 0 Å². The first-order valence-corrected chi connectivity index (χ1v) is 21.0. The fraction of sp³-hybridized carbons (Fsp3) is 0.585. The second-order valence-corrected chi connectivity index (χ2v) is 22.5. The van der Waals surface area contributed by atoms with Gasteiger partial charge in [-0.15, -0.1) is 0 Å². The van der Waals surface area contributed by atoms with Crippen LogP contribution in [0, 0.1) is 0 Å². The van der Waals surface area contributed by atoms with Crippen molar-refractivity contribution in [3.63, 3.8) is 0 Å². The third kappa shape index (κ3) is 10.1. The van der Waals surface area contributed by atoms with Crippen LogP contribution < -0.4 is 0 Å². The SMILES string of the molecule is CC(C)(C)c1ccc(C(C)(C)C)c2c1CCC2.CC(C)(C)c1ccc(C(C)(C)C)c2c1CCCC2.CC(C)(C)c1ccc(C(C)(C)C)c2ccccc12. The predicted octanol–water partition coefficient (Wildman–Crippen LogP) is 15.4. The van der Waals surface area contributed by atoms with Gasteiger partial charge in [0, 0.05) is 0 Å². The number of hydrogen-bond donors (Lipinski definition) is 0. The van der Waals surface area contributed by atoms with Crippen molar-refractivity contribution in [1.82, 2.24) is 0 Å². The molecule has 0 heterocycles. The van der Waals surface area contributed by atoms with Crippen molar-refractivity contribution in [1.29, 1.82) is 0 Å². The van der Waals surface area contributed by atoms with Crippen LogP contribution in [-0.4, -0.2) is 0 Å². The summed E-state index contributed by atoms with van der Waals surface area (Å²) >= 11 is 0. The summed E-state index contributed by atoms with van der Waals surface area (Å²) in [7, 11) is 0. The van der Waals surface area contributed by atoms with Crippen LogP contribution in [0.1, 0.15) is 200 Å². The second-order valence-electron chi connectivity index (χ2n) is 22.5. The standard InChI is InChI=1S/C18H28.C18H24.C17H26/c2*1-17(2,3)15-11-12-16(18(4,5)6)14-10-8-7-9-13(14)15;1-16(2,3)14-10-11-15(17(4,5)6)13-9-7-8-12(13)14/h11-12H,7-10H2,1-6H3;7-12H,1-6H3;10-11H,7-9H2,1-6H3. The summed E-state index contributed by atoms with van der Waals surface area (Å²) in [5.74, 6) is 0. The average Bonchev–Trinajstić information content (AvgIpc) is 3.51. The highest BCUT2D eigenvalue weighted by molar-refractivity contribution is 5.90. The van der Waals surface area contributed by atoms with E-state index in [1.165, 1.54) is 66.8 Å². The Labute approximate surface area is 328 Å². The van der Waals surface area contributed by atoms with Crippen LogP contribution in [0.15, 0.2) is 60.7 Å². The van der Waals surface area contributed by atoms with E-state index in [4.69, 9.17) is 0 Å². The molecule has 290 valence electrons. The van der Waals surface area contributed by atoms with Gasteiger partial charge in [-0.05, 0) is 144 Å². The normalized spacial score (nSPS) is 15.2. The number of hydrogen-bond acceptors (Lipinski definition) is 0. The topological polar surface area (TPSA) is 0 Å². The summed E-state index contributed by atoms with van der Waals surface area (Å²) in [5, 5.41) is 2.80. The summed E-state index contributed by atoms with van der Waals surface area (Å²) in [5.41, 5.74) is 17.3. The van der Waals surface area contributed by atoms with Crippen molar-refractivity contribution < 1.29 is 0 Å². The van der Waals surface area contributed by atoms with Crippen LogP contribution in [0.4, 0.5) is 0 Å². The smallest absolute Gasteiger partial charge is 0.0126 e. The lowest BCUT2D eigenvalue weighted by atomic mass is 9.72. The Kier molecular flexibility index (Phi) is 12.4. The maximum absolute atomic E-state index is 2.39. The van der Waals surface area contributed by atoms with E-state index in [1.54, 1.807) is 44.5 Å². The van der Waals surface area contributed by atoms with Gasteiger partial charge in [-0.3, -0.25) is 0 Å². The number of rotatable bonds is 0. The van der Waals surface area contributed by atoms with Gasteiger partial charge < -0.3 is 0 Å². The molecule has 0 amide bonds. The third-order valence-corrected chi connectivity index (χ3v) is 11.6. The zero-order chi connectivity index (χ0) is 39.9. The lowest BCUT2D eigenvalue weighted by molar-refractivity contribution is 0.544. The Balaban J connectivity index is 0.000000178. The van der Waals surface area contributed by atoms with E-state index in [0.717, 1.165) is 0 Å². The molecule has 0 radical (unpaired) electrons. The van der Waals surface area contributed by atoms with Crippen molar-refractivity contribution in [2.45, 2.75) is 202 Å². The molecule has 0 nitrogen and oxygen atoms in total. The lowest BCUT2D eigenvalue weighted by Crippen LogP contribution is -2.23. The summed E-state index contributed by atoms with van der Waals surface area (Å²) in [6.45, 7) is 41.7. The molecule has 0 unspecified atom stereocenters. The van der Waals surface area contributed by atoms with Gasteiger partial charge in [-0.25, -0.2) is 0 Å². The third-order valence-electron chi connectivity index (χ3n) is 11.6. The van der Waals surface area contributed by atoms with Crippen molar-refractivity contribution in [3.05, 3.63) is 116 Å². The fourth-order valence-corrected chi connectivity index (χ4v) is 8.99. The highest BCUT2D eigenvalue weighted by Gasteiger charge is 2.29. The Bertz CT molecular complexity index is 1730. The van der Waals surface area contributed by atoms with Crippen molar-refractivity contribution >= 4 is 10.8 Å². The Morgan fingerprint density at radius 1 is 0.264 bits per heavy atom. The molecule has 0 saturated carbocycles. The lowest BCUT2D eigenvalue weighted by Gasteiger charge is -2.33. The fourth-order valence-electron chi connectivity index (χ4n) is 8.99. The first-order valence-electron chi connectivity index (χ1n) is 21.0. The van der Waals surface area contributed by atoms with E-state index in [9.17, 15) is 0 Å². The number of benzene rings is 4. The summed E-state index contributed by atoms with van der Waals surface area (Å²) in [6.07, 6.45) is 9.20. The van der Waals surface area contributed by atoms with Crippen LogP contribution >= 0.6 is 0 Å². The maximum atomic E-state index is 2.39. The Morgan fingerprint density at radius 3 is 0.698 bits per heavy atom. The molecule has 0 heteroatoms. The maximum Gasteiger partial charge on any atom is -0.0126 e. The molecule has 2 aliphatic rings. The zero-order valence-corrected chi connectivity index (χ0v) is 37.7. The zero-order valence-electron chi connectivity index (χ0n) is 37.7. The van der Waals surface area contributed by atoms with Crippen molar-refractivity contribution in [3.8, 4) is 0 Å². The predicted molar refractivity (Wildman–Crippen MR) is 238 cm³/mol. The van der Waals surface area contributed by atoms with Gasteiger partial charge in [0.05, 0.1) is 0 Å². The van der Waals surface area contributed by atoms with Crippen LogP contribution in [0.25, 0.3) is 10.8 Å². The molecule has 0 saturated heterocycles. The van der Waals surface area contributed by atoms with E-state index in [1.807, 2.05) is 0 Å². The quantitative estimate of drug-likeness (QED) is 0.170. The van der Waals surface area contributed by atoms with Gasteiger partial charge >= 0.3 is 0 Å². The van der Waals surface area contributed by atoms with Gasteiger partial charge in [0.2, 0.25) is 0 Å². The van der Waals surface area contributed by atoms with Crippen molar-refractivity contribution in [2.24, 2.45) is 0 Å². The molecule has 0 N–H and O–H groups in total. The van der Waals surface area contributed by atoms with Crippen molar-refractivity contribution in [2.75, 3.05) is 0 Å². The highest BCUT2D eigenvalue weighted by Crippen LogP contribution is 2.41. The molecule has 53 heavy (non-hydrogen) atoms. The monoisotopic (exact) mass is 715 g/mol. The van der Waals surface area contributed by atoms with Crippen LogP contribution in [0.3, 0.4) is 0 Å². The molecule has 0 spiro atoms. The summed E-state index contributed by atoms with van der Waals surface area (Å²) in [6, 6.07) is 23.0. The van der Waals surface area contributed by atoms with Crippen LogP contribution in [0.5, 0.6) is 0 Å². The Hall–Kier alpha value is -2.86.